The van der Waals surface area contributed by atoms with Gasteiger partial charge in [-0.1, -0.05) is 79.5 Å². The monoisotopic (exact) mass is 678 g/mol. The molecule has 0 aliphatic heterocycles. The molecule has 0 saturated heterocycles. The fourth-order valence-electron chi connectivity index (χ4n) is 5.64. The van der Waals surface area contributed by atoms with Gasteiger partial charge in [-0.05, 0) is 54.2 Å². The lowest BCUT2D eigenvalue weighted by Crippen LogP contribution is -2.57. The van der Waals surface area contributed by atoms with Crippen LogP contribution in [0.2, 0.25) is 10.0 Å². The zero-order chi connectivity index (χ0) is 33.8. The molecule has 5 rings (SSSR count). The van der Waals surface area contributed by atoms with Gasteiger partial charge in [-0.15, -0.1) is 0 Å². The Morgan fingerprint density at radius 3 is 2.21 bits per heavy atom. The number of hydrogen-bond acceptors (Lipinski definition) is 7. The number of aromatic nitrogens is 1. The summed E-state index contributed by atoms with van der Waals surface area (Å²) in [5, 5.41) is 15.2. The molecule has 0 bridgehead atoms. The Hall–Kier alpha value is -4.74. The number of rotatable bonds is 12. The molecule has 244 valence electrons. The van der Waals surface area contributed by atoms with Crippen LogP contribution in [0.5, 0.6) is 0 Å². The number of oxazole rings is 1. The standard InChI is InChI=1S/C34H32Cl2N4O7/c1-18(2)29(39-32(45)19-8-4-3-5-9-19)34(46)40(23-12-20-10-6-7-11-21(20)13-23)17-27(41)37-25(16-28(42)43)30(44)33-38-26-15-22(35)14-24(36)31(26)47-33/h3-11,14-15,18,23,25,29H,12-13,16-17H2,1-2H3,(H,37,41)(H,39,45)(H,42,43). The summed E-state index contributed by atoms with van der Waals surface area (Å²) in [5.41, 5.74) is 2.69. The van der Waals surface area contributed by atoms with Gasteiger partial charge in [0.1, 0.15) is 17.6 Å². The Balaban J connectivity index is 1.40. The maximum absolute atomic E-state index is 14.2. The average molecular weight is 680 g/mol. The van der Waals surface area contributed by atoms with E-state index in [0.717, 1.165) is 11.1 Å². The smallest absolute Gasteiger partial charge is 0.305 e. The van der Waals surface area contributed by atoms with Gasteiger partial charge in [-0.25, -0.2) is 4.98 Å². The summed E-state index contributed by atoms with van der Waals surface area (Å²) >= 11 is 12.2. The van der Waals surface area contributed by atoms with Crippen LogP contribution in [0.1, 0.15) is 52.4 Å². The summed E-state index contributed by atoms with van der Waals surface area (Å²) in [6.07, 6.45) is 0.162. The van der Waals surface area contributed by atoms with Gasteiger partial charge in [0.2, 0.25) is 17.6 Å². The average Bonchev–Trinajstić information content (AvgIpc) is 3.66. The number of carboxylic acid groups (broad SMARTS) is 1. The second kappa shape index (κ2) is 14.4. The molecular formula is C34H32Cl2N4O7. The first-order valence-electron chi connectivity index (χ1n) is 15.0. The fraction of sp³-hybridized carbons (Fsp3) is 0.294. The quantitative estimate of drug-likeness (QED) is 0.181. The zero-order valence-corrected chi connectivity index (χ0v) is 27.0. The molecule has 13 heteroatoms. The number of benzene rings is 3. The Morgan fingerprint density at radius 1 is 0.957 bits per heavy atom. The number of carboxylic acids is 1. The molecule has 1 aromatic heterocycles. The molecule has 3 N–H and O–H groups in total. The van der Waals surface area contributed by atoms with Crippen LogP contribution in [0.3, 0.4) is 0 Å². The van der Waals surface area contributed by atoms with Crippen LogP contribution in [0.4, 0.5) is 0 Å². The van der Waals surface area contributed by atoms with Crippen LogP contribution >= 0.6 is 23.2 Å². The highest BCUT2D eigenvalue weighted by atomic mass is 35.5. The van der Waals surface area contributed by atoms with Crippen LogP contribution in [0, 0.1) is 5.92 Å². The topological polar surface area (TPSA) is 159 Å². The largest absolute Gasteiger partial charge is 0.481 e. The third-order valence-electron chi connectivity index (χ3n) is 7.97. The molecular weight excluding hydrogens is 647 g/mol. The number of aliphatic carboxylic acids is 1. The highest BCUT2D eigenvalue weighted by Gasteiger charge is 2.38. The van der Waals surface area contributed by atoms with Crippen molar-refractivity contribution in [3.8, 4) is 0 Å². The molecule has 4 aromatic rings. The zero-order valence-electron chi connectivity index (χ0n) is 25.5. The molecule has 2 atom stereocenters. The number of nitrogens with zero attached hydrogens (tertiary/aromatic N) is 2. The van der Waals surface area contributed by atoms with E-state index in [-0.39, 0.29) is 27.1 Å². The molecule has 2 unspecified atom stereocenters. The van der Waals surface area contributed by atoms with E-state index in [2.05, 4.69) is 15.6 Å². The van der Waals surface area contributed by atoms with Crippen molar-refractivity contribution in [2.24, 2.45) is 5.92 Å². The van der Waals surface area contributed by atoms with E-state index in [1.54, 1.807) is 44.2 Å². The van der Waals surface area contributed by atoms with E-state index in [0.29, 0.717) is 18.4 Å². The second-order valence-electron chi connectivity index (χ2n) is 11.7. The number of hydrogen-bond donors (Lipinski definition) is 3. The van der Waals surface area contributed by atoms with Crippen molar-refractivity contribution in [3.05, 3.63) is 99.4 Å². The minimum Gasteiger partial charge on any atom is -0.481 e. The van der Waals surface area contributed by atoms with Crippen molar-refractivity contribution in [1.29, 1.82) is 0 Å². The van der Waals surface area contributed by atoms with Gasteiger partial charge in [-0.3, -0.25) is 24.0 Å². The molecule has 0 radical (unpaired) electrons. The van der Waals surface area contributed by atoms with Crippen LogP contribution in [0.25, 0.3) is 11.1 Å². The minimum atomic E-state index is -1.57. The SMILES string of the molecule is CC(C)C(NC(=O)c1ccccc1)C(=O)N(CC(=O)NC(CC(=O)O)C(=O)c1nc2cc(Cl)cc(Cl)c2o1)C1Cc2ccccc2C1. The number of ketones is 1. The van der Waals surface area contributed by atoms with Gasteiger partial charge in [0.05, 0.1) is 18.0 Å². The van der Waals surface area contributed by atoms with Gasteiger partial charge in [-0.2, -0.15) is 0 Å². The lowest BCUT2D eigenvalue weighted by molar-refractivity contribution is -0.141. The molecule has 11 nitrogen and oxygen atoms in total. The van der Waals surface area contributed by atoms with E-state index in [1.807, 2.05) is 24.3 Å². The first-order chi connectivity index (χ1) is 22.4. The third kappa shape index (κ3) is 7.81. The first kappa shape index (κ1) is 33.6. The van der Waals surface area contributed by atoms with Crippen LogP contribution in [-0.2, 0) is 27.2 Å². The molecule has 0 saturated carbocycles. The number of nitrogens with one attached hydrogen (secondary N) is 2. The predicted molar refractivity (Wildman–Crippen MR) is 174 cm³/mol. The van der Waals surface area contributed by atoms with Gasteiger partial charge in [0, 0.05) is 16.6 Å². The number of amides is 3. The Bertz CT molecular complexity index is 1820. The third-order valence-corrected chi connectivity index (χ3v) is 8.47. The highest BCUT2D eigenvalue weighted by Crippen LogP contribution is 2.29. The fourth-order valence-corrected chi connectivity index (χ4v) is 6.16. The van der Waals surface area contributed by atoms with Gasteiger partial charge in [0.25, 0.3) is 11.8 Å². The summed E-state index contributed by atoms with van der Waals surface area (Å²) < 4.78 is 5.53. The van der Waals surface area contributed by atoms with Crippen LogP contribution in [-0.4, -0.2) is 69.1 Å². The maximum atomic E-state index is 14.2. The van der Waals surface area contributed by atoms with Crippen molar-refractivity contribution >= 4 is 63.8 Å². The first-order valence-corrected chi connectivity index (χ1v) is 15.7. The lowest BCUT2D eigenvalue weighted by Gasteiger charge is -2.34. The van der Waals surface area contributed by atoms with E-state index >= 15 is 0 Å². The second-order valence-corrected chi connectivity index (χ2v) is 12.5. The summed E-state index contributed by atoms with van der Waals surface area (Å²) in [4.78, 5) is 71.6. The van der Waals surface area contributed by atoms with Gasteiger partial charge in [0.15, 0.2) is 5.58 Å². The summed E-state index contributed by atoms with van der Waals surface area (Å²) in [7, 11) is 0. The highest BCUT2D eigenvalue weighted by molar-refractivity contribution is 6.38. The molecule has 1 heterocycles. The van der Waals surface area contributed by atoms with Crippen LogP contribution < -0.4 is 10.6 Å². The number of fused-ring (bicyclic) bond motifs is 2. The normalized spacial score (nSPS) is 14.0. The van der Waals surface area contributed by atoms with Crippen LogP contribution in [0.15, 0.2) is 71.1 Å². The molecule has 1 aliphatic carbocycles. The van der Waals surface area contributed by atoms with Crippen molar-refractivity contribution in [2.75, 3.05) is 6.54 Å². The summed E-state index contributed by atoms with van der Waals surface area (Å²) in [5.74, 6) is -4.76. The predicted octanol–water partition coefficient (Wildman–Crippen LogP) is 4.73. The molecule has 3 amide bonds. The van der Waals surface area contributed by atoms with Crippen molar-refractivity contribution in [1.82, 2.24) is 20.5 Å². The summed E-state index contributed by atoms with van der Waals surface area (Å²) in [6.45, 7) is 3.08. The minimum absolute atomic E-state index is 0.0784. The van der Waals surface area contributed by atoms with Crippen molar-refractivity contribution in [3.63, 3.8) is 0 Å². The Kier molecular flexibility index (Phi) is 10.3. The van der Waals surface area contributed by atoms with E-state index in [4.69, 9.17) is 27.6 Å². The van der Waals surface area contributed by atoms with Gasteiger partial charge < -0.3 is 25.1 Å². The molecule has 3 aromatic carbocycles. The molecule has 47 heavy (non-hydrogen) atoms. The number of halogens is 2. The Morgan fingerprint density at radius 2 is 1.60 bits per heavy atom. The Labute approximate surface area is 280 Å². The van der Waals surface area contributed by atoms with E-state index < -0.39 is 66.5 Å². The number of carbonyl (C=O) groups is 5. The summed E-state index contributed by atoms with van der Waals surface area (Å²) in [6, 6.07) is 16.0. The maximum Gasteiger partial charge on any atom is 0.305 e. The van der Waals surface area contributed by atoms with E-state index in [9.17, 15) is 29.1 Å². The molecule has 0 fully saturated rings. The van der Waals surface area contributed by atoms with Gasteiger partial charge >= 0.3 is 5.97 Å². The lowest BCUT2D eigenvalue weighted by atomic mass is 10.00. The number of Topliss-reactive ketones (excluding diaryl/α,β-unsaturated/α-hetero) is 1. The van der Waals surface area contributed by atoms with Crippen molar-refractivity contribution in [2.45, 2.75) is 51.2 Å². The number of carbonyl (C=O) groups excluding carboxylic acids is 4. The van der Waals surface area contributed by atoms with E-state index in [1.165, 1.54) is 17.0 Å². The van der Waals surface area contributed by atoms with Crippen molar-refractivity contribution < 1.29 is 33.5 Å². The molecule has 1 aliphatic rings. The molecule has 0 spiro atoms.